The summed E-state index contributed by atoms with van der Waals surface area (Å²) in [4.78, 5) is 23.8. The summed E-state index contributed by atoms with van der Waals surface area (Å²) in [5.74, 6) is -0.258. The fraction of sp³-hybridized carbons (Fsp3) is 0.529. The SMILES string of the molecule is CC(C)COC(=O)C(NC(=O)OCc1ccccc1)C(C)C. The lowest BCUT2D eigenvalue weighted by atomic mass is 10.1. The van der Waals surface area contributed by atoms with Gasteiger partial charge in [0.1, 0.15) is 12.6 Å². The van der Waals surface area contributed by atoms with Crippen molar-refractivity contribution in [1.82, 2.24) is 5.32 Å². The second-order valence-electron chi connectivity index (χ2n) is 5.95. The van der Waals surface area contributed by atoms with Crippen molar-refractivity contribution in [3.05, 3.63) is 35.9 Å². The summed E-state index contributed by atoms with van der Waals surface area (Å²) in [6.45, 7) is 8.11. The van der Waals surface area contributed by atoms with Gasteiger partial charge in [-0.1, -0.05) is 58.0 Å². The molecule has 0 aromatic heterocycles. The Bertz CT molecular complexity index is 471. The maximum absolute atomic E-state index is 12.0. The maximum atomic E-state index is 12.0. The van der Waals surface area contributed by atoms with Crippen LogP contribution in [0.1, 0.15) is 33.3 Å². The molecule has 1 rings (SSSR count). The van der Waals surface area contributed by atoms with E-state index in [4.69, 9.17) is 9.47 Å². The first kappa shape index (κ1) is 18.0. The van der Waals surface area contributed by atoms with Gasteiger partial charge in [-0.3, -0.25) is 0 Å². The molecule has 1 N–H and O–H groups in total. The lowest BCUT2D eigenvalue weighted by molar-refractivity contribution is -0.148. The van der Waals surface area contributed by atoms with Gasteiger partial charge >= 0.3 is 12.1 Å². The molecule has 122 valence electrons. The van der Waals surface area contributed by atoms with Crippen LogP contribution in [0, 0.1) is 11.8 Å². The Kier molecular flexibility index (Phi) is 7.43. The van der Waals surface area contributed by atoms with E-state index in [1.807, 2.05) is 58.0 Å². The predicted octanol–water partition coefficient (Wildman–Crippen LogP) is 3.14. The highest BCUT2D eigenvalue weighted by Crippen LogP contribution is 2.07. The van der Waals surface area contributed by atoms with Crippen LogP contribution in [0.3, 0.4) is 0 Å². The zero-order valence-corrected chi connectivity index (χ0v) is 13.7. The molecular weight excluding hydrogens is 282 g/mol. The molecule has 1 aromatic rings. The van der Waals surface area contributed by atoms with Gasteiger partial charge in [-0.25, -0.2) is 9.59 Å². The Morgan fingerprint density at radius 3 is 2.23 bits per heavy atom. The lowest BCUT2D eigenvalue weighted by Crippen LogP contribution is -2.45. The van der Waals surface area contributed by atoms with Crippen molar-refractivity contribution >= 4 is 12.1 Å². The zero-order valence-electron chi connectivity index (χ0n) is 13.7. The van der Waals surface area contributed by atoms with Gasteiger partial charge in [-0.15, -0.1) is 0 Å². The third-order valence-corrected chi connectivity index (χ3v) is 2.97. The lowest BCUT2D eigenvalue weighted by Gasteiger charge is -2.21. The average Bonchev–Trinajstić information content (AvgIpc) is 2.49. The van der Waals surface area contributed by atoms with E-state index in [9.17, 15) is 9.59 Å². The molecule has 1 atom stereocenters. The Morgan fingerprint density at radius 1 is 1.05 bits per heavy atom. The molecule has 1 unspecified atom stereocenters. The standard InChI is InChI=1S/C17H25NO4/c1-12(2)10-21-16(19)15(13(3)4)18-17(20)22-11-14-8-6-5-7-9-14/h5-9,12-13,15H,10-11H2,1-4H3,(H,18,20). The average molecular weight is 307 g/mol. The fourth-order valence-corrected chi connectivity index (χ4v) is 1.73. The van der Waals surface area contributed by atoms with Gasteiger partial charge in [-0.2, -0.15) is 0 Å². The Labute approximate surface area is 132 Å². The van der Waals surface area contributed by atoms with Gasteiger partial charge in [0, 0.05) is 0 Å². The number of carbonyl (C=O) groups excluding carboxylic acids is 2. The highest BCUT2D eigenvalue weighted by molar-refractivity contribution is 5.81. The molecule has 22 heavy (non-hydrogen) atoms. The fourth-order valence-electron chi connectivity index (χ4n) is 1.73. The molecule has 0 bridgehead atoms. The van der Waals surface area contributed by atoms with Crippen molar-refractivity contribution in [1.29, 1.82) is 0 Å². The van der Waals surface area contributed by atoms with Crippen molar-refractivity contribution in [2.24, 2.45) is 11.8 Å². The van der Waals surface area contributed by atoms with Crippen LogP contribution in [0.4, 0.5) is 4.79 Å². The van der Waals surface area contributed by atoms with E-state index >= 15 is 0 Å². The topological polar surface area (TPSA) is 64.6 Å². The van der Waals surface area contributed by atoms with Crippen molar-refractivity contribution in [3.63, 3.8) is 0 Å². The summed E-state index contributed by atoms with van der Waals surface area (Å²) in [5, 5.41) is 2.57. The molecule has 0 aliphatic rings. The smallest absolute Gasteiger partial charge is 0.408 e. The van der Waals surface area contributed by atoms with E-state index in [-0.39, 0.29) is 18.4 Å². The van der Waals surface area contributed by atoms with E-state index in [1.54, 1.807) is 0 Å². The van der Waals surface area contributed by atoms with Crippen LogP contribution in [0.25, 0.3) is 0 Å². The number of alkyl carbamates (subject to hydrolysis) is 1. The molecular formula is C17H25NO4. The monoisotopic (exact) mass is 307 g/mol. The number of amides is 1. The summed E-state index contributed by atoms with van der Waals surface area (Å²) in [6.07, 6.45) is -0.621. The van der Waals surface area contributed by atoms with Crippen molar-refractivity contribution in [2.75, 3.05) is 6.61 Å². The molecule has 0 aliphatic carbocycles. The van der Waals surface area contributed by atoms with E-state index in [0.29, 0.717) is 6.61 Å². The second-order valence-corrected chi connectivity index (χ2v) is 5.95. The molecule has 0 radical (unpaired) electrons. The molecule has 1 amide bonds. The van der Waals surface area contributed by atoms with Crippen LogP contribution < -0.4 is 5.32 Å². The van der Waals surface area contributed by atoms with Gasteiger partial charge in [0.15, 0.2) is 0 Å². The summed E-state index contributed by atoms with van der Waals surface area (Å²) in [6, 6.07) is 8.66. The number of rotatable bonds is 7. The van der Waals surface area contributed by atoms with Crippen LogP contribution in [0.15, 0.2) is 30.3 Å². The van der Waals surface area contributed by atoms with Crippen LogP contribution in [0.2, 0.25) is 0 Å². The number of nitrogens with one attached hydrogen (secondary N) is 1. The summed E-state index contributed by atoms with van der Waals surface area (Å²) < 4.78 is 10.3. The zero-order chi connectivity index (χ0) is 16.5. The minimum atomic E-state index is -0.706. The molecule has 5 nitrogen and oxygen atoms in total. The molecule has 0 aliphatic heterocycles. The Morgan fingerprint density at radius 2 is 1.68 bits per heavy atom. The number of carbonyl (C=O) groups is 2. The first-order chi connectivity index (χ1) is 10.4. The summed E-state index contributed by atoms with van der Waals surface area (Å²) in [7, 11) is 0. The number of hydrogen-bond donors (Lipinski definition) is 1. The van der Waals surface area contributed by atoms with E-state index < -0.39 is 18.1 Å². The third-order valence-electron chi connectivity index (χ3n) is 2.97. The van der Waals surface area contributed by atoms with Crippen LogP contribution in [0.5, 0.6) is 0 Å². The molecule has 5 heteroatoms. The number of hydrogen-bond acceptors (Lipinski definition) is 4. The molecule has 0 heterocycles. The van der Waals surface area contributed by atoms with Gasteiger partial charge in [0.05, 0.1) is 6.61 Å². The maximum Gasteiger partial charge on any atom is 0.408 e. The molecule has 0 saturated carbocycles. The van der Waals surface area contributed by atoms with Gasteiger partial charge in [0.25, 0.3) is 0 Å². The molecule has 1 aromatic carbocycles. The minimum Gasteiger partial charge on any atom is -0.464 e. The first-order valence-corrected chi connectivity index (χ1v) is 7.54. The molecule has 0 spiro atoms. The third kappa shape index (κ3) is 6.61. The highest BCUT2D eigenvalue weighted by atomic mass is 16.6. The van der Waals surface area contributed by atoms with Crippen LogP contribution in [-0.2, 0) is 20.9 Å². The van der Waals surface area contributed by atoms with Gasteiger partial charge in [-0.05, 0) is 17.4 Å². The highest BCUT2D eigenvalue weighted by Gasteiger charge is 2.26. The van der Waals surface area contributed by atoms with E-state index in [1.165, 1.54) is 0 Å². The van der Waals surface area contributed by atoms with Crippen LogP contribution >= 0.6 is 0 Å². The Hall–Kier alpha value is -2.04. The minimum absolute atomic E-state index is 0.0797. The van der Waals surface area contributed by atoms with Crippen LogP contribution in [-0.4, -0.2) is 24.7 Å². The van der Waals surface area contributed by atoms with E-state index in [2.05, 4.69) is 5.32 Å². The molecule has 0 fully saturated rings. The quantitative estimate of drug-likeness (QED) is 0.786. The largest absolute Gasteiger partial charge is 0.464 e. The van der Waals surface area contributed by atoms with Crippen molar-refractivity contribution in [3.8, 4) is 0 Å². The van der Waals surface area contributed by atoms with Gasteiger partial charge in [0.2, 0.25) is 0 Å². The van der Waals surface area contributed by atoms with Crippen molar-refractivity contribution < 1.29 is 19.1 Å². The predicted molar refractivity (Wildman–Crippen MR) is 84.2 cm³/mol. The van der Waals surface area contributed by atoms with E-state index in [0.717, 1.165) is 5.56 Å². The second kappa shape index (κ2) is 9.07. The van der Waals surface area contributed by atoms with Gasteiger partial charge < -0.3 is 14.8 Å². The first-order valence-electron chi connectivity index (χ1n) is 7.54. The normalized spacial score (nSPS) is 12.1. The summed E-state index contributed by atoms with van der Waals surface area (Å²) in [5.41, 5.74) is 0.890. The summed E-state index contributed by atoms with van der Waals surface area (Å²) >= 11 is 0. The number of ether oxygens (including phenoxy) is 2. The molecule has 0 saturated heterocycles. The Balaban J connectivity index is 2.48. The number of esters is 1. The van der Waals surface area contributed by atoms with Crippen molar-refractivity contribution in [2.45, 2.75) is 40.3 Å². The number of benzene rings is 1.